The summed E-state index contributed by atoms with van der Waals surface area (Å²) in [6.45, 7) is 3.70. The topological polar surface area (TPSA) is 62.4 Å². The number of anilines is 1. The molecule has 2 aromatic carbocycles. The molecule has 1 saturated heterocycles. The number of carbonyl (C=O) groups excluding carboxylic acids is 1. The SMILES string of the molecule is C[C@@]12CCNC1Nc1ccc(OC(=O)NCc3ccccc3)cc12. The predicted octanol–water partition coefficient (Wildman–Crippen LogP) is 2.98. The summed E-state index contributed by atoms with van der Waals surface area (Å²) in [7, 11) is 0. The van der Waals surface area contributed by atoms with Crippen molar-refractivity contribution in [3.05, 3.63) is 59.7 Å². The molecule has 5 nitrogen and oxygen atoms in total. The zero-order valence-corrected chi connectivity index (χ0v) is 13.6. The monoisotopic (exact) mass is 323 g/mol. The van der Waals surface area contributed by atoms with Gasteiger partial charge < -0.3 is 15.4 Å². The minimum absolute atomic E-state index is 0.0508. The first-order chi connectivity index (χ1) is 11.6. The van der Waals surface area contributed by atoms with Gasteiger partial charge in [0.05, 0.1) is 6.17 Å². The third-order valence-electron chi connectivity index (χ3n) is 5.03. The van der Waals surface area contributed by atoms with Gasteiger partial charge in [0.15, 0.2) is 0 Å². The molecule has 1 amide bonds. The van der Waals surface area contributed by atoms with E-state index in [-0.39, 0.29) is 11.6 Å². The fourth-order valence-corrected chi connectivity index (χ4v) is 3.60. The van der Waals surface area contributed by atoms with Crippen molar-refractivity contribution < 1.29 is 9.53 Å². The predicted molar refractivity (Wildman–Crippen MR) is 93.1 cm³/mol. The summed E-state index contributed by atoms with van der Waals surface area (Å²) in [6.07, 6.45) is 0.895. The Kier molecular flexibility index (Phi) is 3.65. The molecule has 24 heavy (non-hydrogen) atoms. The quantitative estimate of drug-likeness (QED) is 0.813. The van der Waals surface area contributed by atoms with Gasteiger partial charge in [-0.05, 0) is 42.3 Å². The maximum Gasteiger partial charge on any atom is 0.412 e. The largest absolute Gasteiger partial charge is 0.412 e. The first kappa shape index (κ1) is 15.0. The van der Waals surface area contributed by atoms with E-state index < -0.39 is 6.09 Å². The van der Waals surface area contributed by atoms with E-state index in [0.29, 0.717) is 12.3 Å². The van der Waals surface area contributed by atoms with E-state index in [1.807, 2.05) is 48.5 Å². The summed E-state index contributed by atoms with van der Waals surface area (Å²) in [5, 5.41) is 9.75. The molecule has 2 aromatic rings. The van der Waals surface area contributed by atoms with Gasteiger partial charge >= 0.3 is 6.09 Å². The molecule has 5 heteroatoms. The number of hydrogen-bond donors (Lipinski definition) is 3. The highest BCUT2D eigenvalue weighted by Crippen LogP contribution is 2.46. The second-order valence-corrected chi connectivity index (χ2v) is 6.64. The van der Waals surface area contributed by atoms with Crippen LogP contribution in [0.2, 0.25) is 0 Å². The van der Waals surface area contributed by atoms with Crippen LogP contribution in [0.3, 0.4) is 0 Å². The Morgan fingerprint density at radius 3 is 2.96 bits per heavy atom. The normalized spacial score (nSPS) is 24.0. The Morgan fingerprint density at radius 2 is 2.12 bits per heavy atom. The van der Waals surface area contributed by atoms with Gasteiger partial charge in [-0.1, -0.05) is 37.3 Å². The molecule has 1 unspecified atom stereocenters. The highest BCUT2D eigenvalue weighted by atomic mass is 16.6. The third kappa shape index (κ3) is 2.61. The van der Waals surface area contributed by atoms with E-state index in [4.69, 9.17) is 4.74 Å². The van der Waals surface area contributed by atoms with Crippen LogP contribution in [0.1, 0.15) is 24.5 Å². The van der Waals surface area contributed by atoms with Crippen LogP contribution in [0, 0.1) is 0 Å². The number of amides is 1. The van der Waals surface area contributed by atoms with Crippen molar-refractivity contribution in [1.82, 2.24) is 10.6 Å². The summed E-state index contributed by atoms with van der Waals surface area (Å²) < 4.78 is 5.46. The molecule has 124 valence electrons. The van der Waals surface area contributed by atoms with Crippen molar-refractivity contribution in [2.24, 2.45) is 0 Å². The van der Waals surface area contributed by atoms with E-state index in [9.17, 15) is 4.79 Å². The average Bonchev–Trinajstić information content (AvgIpc) is 3.08. The van der Waals surface area contributed by atoms with Crippen LogP contribution < -0.4 is 20.7 Å². The molecule has 0 radical (unpaired) electrons. The number of carbonyl (C=O) groups is 1. The Labute approximate surface area is 141 Å². The smallest absolute Gasteiger partial charge is 0.410 e. The van der Waals surface area contributed by atoms with E-state index in [1.54, 1.807) is 0 Å². The summed E-state index contributed by atoms with van der Waals surface area (Å²) in [5.41, 5.74) is 3.42. The molecule has 3 N–H and O–H groups in total. The van der Waals surface area contributed by atoms with Crippen LogP contribution in [0.15, 0.2) is 48.5 Å². The fraction of sp³-hybridized carbons (Fsp3) is 0.316. The van der Waals surface area contributed by atoms with E-state index in [2.05, 4.69) is 22.9 Å². The molecule has 0 saturated carbocycles. The lowest BCUT2D eigenvalue weighted by molar-refractivity contribution is 0.200. The molecule has 2 atom stereocenters. The second-order valence-electron chi connectivity index (χ2n) is 6.64. The van der Waals surface area contributed by atoms with Gasteiger partial charge in [0.2, 0.25) is 0 Å². The minimum Gasteiger partial charge on any atom is -0.410 e. The first-order valence-corrected chi connectivity index (χ1v) is 8.29. The molecular formula is C19H21N3O2. The maximum absolute atomic E-state index is 12.0. The highest BCUT2D eigenvalue weighted by Gasteiger charge is 2.46. The Balaban J connectivity index is 1.43. The maximum atomic E-state index is 12.0. The van der Waals surface area contributed by atoms with Crippen molar-refractivity contribution in [2.45, 2.75) is 31.5 Å². The molecule has 1 fully saturated rings. The minimum atomic E-state index is -0.434. The van der Waals surface area contributed by atoms with Crippen LogP contribution in [0.4, 0.5) is 10.5 Å². The van der Waals surface area contributed by atoms with Gasteiger partial charge in [0.25, 0.3) is 0 Å². The lowest BCUT2D eigenvalue weighted by Crippen LogP contribution is -2.38. The summed E-state index contributed by atoms with van der Waals surface area (Å²) in [5.74, 6) is 0.579. The lowest BCUT2D eigenvalue weighted by Gasteiger charge is -2.23. The van der Waals surface area contributed by atoms with E-state index in [0.717, 1.165) is 24.2 Å². The van der Waals surface area contributed by atoms with Crippen LogP contribution in [-0.2, 0) is 12.0 Å². The van der Waals surface area contributed by atoms with Gasteiger partial charge in [0.1, 0.15) is 5.75 Å². The summed E-state index contributed by atoms with van der Waals surface area (Å²) >= 11 is 0. The number of ether oxygens (including phenoxy) is 1. The van der Waals surface area contributed by atoms with E-state index in [1.165, 1.54) is 5.56 Å². The number of fused-ring (bicyclic) bond motifs is 3. The van der Waals surface area contributed by atoms with Crippen LogP contribution in [0.5, 0.6) is 5.75 Å². The Morgan fingerprint density at radius 1 is 1.29 bits per heavy atom. The Hall–Kier alpha value is -2.53. The lowest BCUT2D eigenvalue weighted by atomic mass is 9.81. The third-order valence-corrected chi connectivity index (χ3v) is 5.03. The zero-order chi connectivity index (χ0) is 16.6. The van der Waals surface area contributed by atoms with Crippen LogP contribution in [-0.4, -0.2) is 18.8 Å². The van der Waals surface area contributed by atoms with Gasteiger partial charge in [-0.15, -0.1) is 0 Å². The molecule has 0 aromatic heterocycles. The molecule has 2 aliphatic rings. The molecular weight excluding hydrogens is 302 g/mol. The van der Waals surface area contributed by atoms with Gasteiger partial charge in [0, 0.05) is 17.6 Å². The molecule has 4 rings (SSSR count). The van der Waals surface area contributed by atoms with Crippen molar-refractivity contribution in [1.29, 1.82) is 0 Å². The fourth-order valence-electron chi connectivity index (χ4n) is 3.60. The number of hydrogen-bond acceptors (Lipinski definition) is 4. The van der Waals surface area contributed by atoms with Crippen molar-refractivity contribution in [3.8, 4) is 5.75 Å². The average molecular weight is 323 g/mol. The van der Waals surface area contributed by atoms with Crippen LogP contribution in [0.25, 0.3) is 0 Å². The highest BCUT2D eigenvalue weighted by molar-refractivity contribution is 5.72. The van der Waals surface area contributed by atoms with Crippen LogP contribution >= 0.6 is 0 Å². The standard InChI is InChI=1S/C19H21N3O2/c1-19-9-10-20-17(19)22-16-8-7-14(11-15(16)19)24-18(23)21-12-13-5-3-2-4-6-13/h2-8,11,17,20,22H,9-10,12H2,1H3,(H,21,23)/t17?,19-/m0/s1. The number of rotatable bonds is 3. The number of benzene rings is 2. The molecule has 0 spiro atoms. The Bertz CT molecular complexity index is 762. The van der Waals surface area contributed by atoms with Crippen molar-refractivity contribution >= 4 is 11.8 Å². The van der Waals surface area contributed by atoms with Crippen molar-refractivity contribution in [3.63, 3.8) is 0 Å². The summed E-state index contributed by atoms with van der Waals surface area (Å²) in [6, 6.07) is 15.6. The summed E-state index contributed by atoms with van der Waals surface area (Å²) in [4.78, 5) is 12.0. The molecule has 0 bridgehead atoms. The molecule has 2 aliphatic heterocycles. The van der Waals surface area contributed by atoms with Crippen molar-refractivity contribution in [2.75, 3.05) is 11.9 Å². The molecule has 0 aliphatic carbocycles. The number of nitrogens with one attached hydrogen (secondary N) is 3. The van der Waals surface area contributed by atoms with Gasteiger partial charge in [-0.2, -0.15) is 0 Å². The van der Waals surface area contributed by atoms with Gasteiger partial charge in [-0.3, -0.25) is 5.32 Å². The van der Waals surface area contributed by atoms with E-state index >= 15 is 0 Å². The second kappa shape index (κ2) is 5.83. The first-order valence-electron chi connectivity index (χ1n) is 8.29. The van der Waals surface area contributed by atoms with Gasteiger partial charge in [-0.25, -0.2) is 4.79 Å². The zero-order valence-electron chi connectivity index (χ0n) is 13.6. The molecule has 2 heterocycles.